The predicted molar refractivity (Wildman–Crippen MR) is 121 cm³/mol. The molecule has 0 bridgehead atoms. The predicted octanol–water partition coefficient (Wildman–Crippen LogP) is 2.70. The van der Waals surface area contributed by atoms with Gasteiger partial charge in [-0.05, 0) is 56.3 Å². The topological polar surface area (TPSA) is 78.9 Å². The van der Waals surface area contributed by atoms with Gasteiger partial charge in [-0.1, -0.05) is 23.7 Å². The molecule has 0 unspecified atom stereocenters. The molecular weight excluding hydrogens is 438 g/mol. The minimum atomic E-state index is -3.68. The molecule has 9 heteroatoms. The molecule has 1 amide bonds. The highest BCUT2D eigenvalue weighted by Crippen LogP contribution is 2.24. The van der Waals surface area contributed by atoms with E-state index in [9.17, 15) is 13.2 Å². The first-order chi connectivity index (χ1) is 14.7. The Labute approximate surface area is 189 Å². The second-order valence-electron chi connectivity index (χ2n) is 7.65. The minimum Gasteiger partial charge on any atom is -0.491 e. The van der Waals surface area contributed by atoms with E-state index in [0.717, 1.165) is 16.9 Å². The van der Waals surface area contributed by atoms with Crippen LogP contribution in [0.3, 0.4) is 0 Å². The molecule has 1 heterocycles. The monoisotopic (exact) mass is 465 g/mol. The molecule has 2 aromatic rings. The van der Waals surface area contributed by atoms with Crippen LogP contribution in [0.5, 0.6) is 5.75 Å². The number of sulfonamides is 1. The number of amides is 1. The van der Waals surface area contributed by atoms with Crippen LogP contribution in [-0.4, -0.2) is 69.9 Å². The molecule has 0 saturated carbocycles. The summed E-state index contributed by atoms with van der Waals surface area (Å²) in [7, 11) is -1.73. The molecule has 1 saturated heterocycles. The van der Waals surface area contributed by atoms with Crippen molar-refractivity contribution >= 4 is 27.5 Å². The van der Waals surface area contributed by atoms with E-state index in [0.29, 0.717) is 26.2 Å². The second kappa shape index (κ2) is 9.99. The Bertz CT molecular complexity index is 1050. The van der Waals surface area contributed by atoms with E-state index in [4.69, 9.17) is 16.3 Å². The van der Waals surface area contributed by atoms with Gasteiger partial charge in [-0.3, -0.25) is 4.79 Å². The number of carbonyl (C=O) groups excluding carboxylic acids is 1. The normalized spacial score (nSPS) is 15.6. The smallest absolute Gasteiger partial charge is 0.252 e. The lowest BCUT2D eigenvalue weighted by Gasteiger charge is -2.31. The van der Waals surface area contributed by atoms with Crippen LogP contribution in [0.2, 0.25) is 5.02 Å². The molecular formula is C22H28ClN3O4S. The van der Waals surface area contributed by atoms with E-state index in [1.165, 1.54) is 22.5 Å². The van der Waals surface area contributed by atoms with Gasteiger partial charge < -0.3 is 15.0 Å². The first kappa shape index (κ1) is 23.5. The summed E-state index contributed by atoms with van der Waals surface area (Å²) in [6.07, 6.45) is 0. The number of nitrogens with one attached hydrogen (secondary N) is 1. The fourth-order valence-corrected chi connectivity index (χ4v) is 4.97. The second-order valence-corrected chi connectivity index (χ2v) is 10.00. The first-order valence-corrected chi connectivity index (χ1v) is 12.0. The van der Waals surface area contributed by atoms with Gasteiger partial charge in [0.15, 0.2) is 0 Å². The number of hydrogen-bond donors (Lipinski definition) is 1. The van der Waals surface area contributed by atoms with E-state index in [2.05, 4.69) is 10.2 Å². The average molecular weight is 466 g/mol. The van der Waals surface area contributed by atoms with Crippen molar-refractivity contribution in [2.75, 3.05) is 46.4 Å². The highest BCUT2D eigenvalue weighted by molar-refractivity contribution is 7.89. The van der Waals surface area contributed by atoms with E-state index in [1.54, 1.807) is 0 Å². The Hall–Kier alpha value is -2.13. The van der Waals surface area contributed by atoms with Gasteiger partial charge in [0.25, 0.3) is 5.91 Å². The molecule has 0 aliphatic carbocycles. The number of nitrogens with zero attached hydrogens (tertiary/aromatic N) is 2. The molecule has 1 N–H and O–H groups in total. The number of ether oxygens (including phenoxy) is 1. The Morgan fingerprint density at radius 3 is 2.55 bits per heavy atom. The SMILES string of the molecule is Cc1cccc(OCCNC(=O)c2cc(S(=O)(=O)N3CCN(C)CC3)ccc2Cl)c1C. The summed E-state index contributed by atoms with van der Waals surface area (Å²) in [5.74, 6) is 0.331. The summed E-state index contributed by atoms with van der Waals surface area (Å²) in [4.78, 5) is 14.8. The van der Waals surface area contributed by atoms with Crippen LogP contribution in [0.15, 0.2) is 41.3 Å². The van der Waals surface area contributed by atoms with Crippen molar-refractivity contribution in [1.29, 1.82) is 0 Å². The molecule has 3 rings (SSSR count). The van der Waals surface area contributed by atoms with Crippen LogP contribution in [0.25, 0.3) is 0 Å². The van der Waals surface area contributed by atoms with E-state index < -0.39 is 15.9 Å². The van der Waals surface area contributed by atoms with Gasteiger partial charge in [-0.2, -0.15) is 4.31 Å². The van der Waals surface area contributed by atoms with E-state index in [1.807, 2.05) is 39.1 Å². The number of carbonyl (C=O) groups is 1. The zero-order valence-corrected chi connectivity index (χ0v) is 19.6. The molecule has 0 atom stereocenters. The van der Waals surface area contributed by atoms with Crippen LogP contribution < -0.4 is 10.1 Å². The Morgan fingerprint density at radius 2 is 1.84 bits per heavy atom. The Balaban J connectivity index is 1.64. The van der Waals surface area contributed by atoms with Crippen LogP contribution >= 0.6 is 11.6 Å². The van der Waals surface area contributed by atoms with Gasteiger partial charge >= 0.3 is 0 Å². The van der Waals surface area contributed by atoms with Crippen molar-refractivity contribution in [2.45, 2.75) is 18.7 Å². The molecule has 0 radical (unpaired) electrons. The number of benzene rings is 2. The third-order valence-electron chi connectivity index (χ3n) is 5.48. The maximum absolute atomic E-state index is 13.0. The molecule has 31 heavy (non-hydrogen) atoms. The van der Waals surface area contributed by atoms with E-state index in [-0.39, 0.29) is 28.6 Å². The number of halogens is 1. The van der Waals surface area contributed by atoms with Crippen molar-refractivity contribution in [2.24, 2.45) is 0 Å². The summed E-state index contributed by atoms with van der Waals surface area (Å²) >= 11 is 6.19. The summed E-state index contributed by atoms with van der Waals surface area (Å²) in [6, 6.07) is 10.0. The van der Waals surface area contributed by atoms with Crippen molar-refractivity contribution in [3.8, 4) is 5.75 Å². The lowest BCUT2D eigenvalue weighted by molar-refractivity contribution is 0.0947. The fourth-order valence-electron chi connectivity index (χ4n) is 3.32. The van der Waals surface area contributed by atoms with Crippen LogP contribution in [0.4, 0.5) is 0 Å². The number of piperazine rings is 1. The zero-order chi connectivity index (χ0) is 22.6. The minimum absolute atomic E-state index is 0.0678. The summed E-state index contributed by atoms with van der Waals surface area (Å²) in [5, 5.41) is 2.94. The largest absolute Gasteiger partial charge is 0.491 e. The van der Waals surface area contributed by atoms with E-state index >= 15 is 0 Å². The Kier molecular flexibility index (Phi) is 7.59. The van der Waals surface area contributed by atoms with Crippen LogP contribution in [0.1, 0.15) is 21.5 Å². The number of aryl methyl sites for hydroxylation is 1. The molecule has 0 aromatic heterocycles. The first-order valence-electron chi connectivity index (χ1n) is 10.2. The van der Waals surface area contributed by atoms with Gasteiger partial charge in [0, 0.05) is 26.2 Å². The molecule has 1 aliphatic rings. The molecule has 1 aliphatic heterocycles. The highest BCUT2D eigenvalue weighted by Gasteiger charge is 2.28. The standard InChI is InChI=1S/C22H28ClN3O4S/c1-16-5-4-6-21(17(16)2)30-14-9-24-22(27)19-15-18(7-8-20(19)23)31(28,29)26-12-10-25(3)11-13-26/h4-8,15H,9-14H2,1-3H3,(H,24,27). The highest BCUT2D eigenvalue weighted by atomic mass is 35.5. The van der Waals surface area contributed by atoms with Gasteiger partial charge in [0.1, 0.15) is 12.4 Å². The molecule has 2 aromatic carbocycles. The quantitative estimate of drug-likeness (QED) is 0.636. The van der Waals surface area contributed by atoms with Crippen LogP contribution in [-0.2, 0) is 10.0 Å². The van der Waals surface area contributed by atoms with Gasteiger partial charge in [-0.25, -0.2) is 8.42 Å². The zero-order valence-electron chi connectivity index (χ0n) is 18.0. The van der Waals surface area contributed by atoms with Crippen molar-refractivity contribution in [1.82, 2.24) is 14.5 Å². The van der Waals surface area contributed by atoms with Gasteiger partial charge in [0.2, 0.25) is 10.0 Å². The van der Waals surface area contributed by atoms with Crippen LogP contribution in [0, 0.1) is 13.8 Å². The van der Waals surface area contributed by atoms with Gasteiger partial charge in [0.05, 0.1) is 22.0 Å². The lowest BCUT2D eigenvalue weighted by Crippen LogP contribution is -2.47. The summed E-state index contributed by atoms with van der Waals surface area (Å²) < 4.78 is 33.1. The van der Waals surface area contributed by atoms with Crippen molar-refractivity contribution in [3.63, 3.8) is 0 Å². The third-order valence-corrected chi connectivity index (χ3v) is 7.71. The fraction of sp³-hybridized carbons (Fsp3) is 0.409. The Morgan fingerprint density at radius 1 is 1.13 bits per heavy atom. The summed E-state index contributed by atoms with van der Waals surface area (Å²) in [6.45, 7) is 6.70. The van der Waals surface area contributed by atoms with Crippen molar-refractivity contribution < 1.29 is 17.9 Å². The number of hydrogen-bond acceptors (Lipinski definition) is 5. The van der Waals surface area contributed by atoms with Gasteiger partial charge in [-0.15, -0.1) is 0 Å². The average Bonchev–Trinajstić information content (AvgIpc) is 2.74. The number of rotatable bonds is 7. The third kappa shape index (κ3) is 5.57. The molecule has 1 fully saturated rings. The maximum Gasteiger partial charge on any atom is 0.252 e. The maximum atomic E-state index is 13.0. The summed E-state index contributed by atoms with van der Waals surface area (Å²) in [5.41, 5.74) is 2.31. The number of likely N-dealkylation sites (N-methyl/N-ethyl adjacent to an activating group) is 1. The van der Waals surface area contributed by atoms with Crippen molar-refractivity contribution in [3.05, 3.63) is 58.1 Å². The molecule has 7 nitrogen and oxygen atoms in total. The molecule has 0 spiro atoms. The molecule has 168 valence electrons. The lowest BCUT2D eigenvalue weighted by atomic mass is 10.1.